The van der Waals surface area contributed by atoms with Gasteiger partial charge >= 0.3 is 17.9 Å². The molecule has 0 aromatic rings. The van der Waals surface area contributed by atoms with Gasteiger partial charge in [0.15, 0.2) is 4.08 Å². The molecule has 0 spiro atoms. The van der Waals surface area contributed by atoms with Gasteiger partial charge in [-0.3, -0.25) is 4.79 Å². The summed E-state index contributed by atoms with van der Waals surface area (Å²) in [6, 6.07) is 0. The van der Waals surface area contributed by atoms with Crippen LogP contribution in [0.2, 0.25) is 0 Å². The molecule has 0 atom stereocenters. The predicted molar refractivity (Wildman–Crippen MR) is 207 cm³/mol. The van der Waals surface area contributed by atoms with Crippen LogP contribution >= 0.6 is 63.0 Å². The van der Waals surface area contributed by atoms with E-state index in [2.05, 4.69) is 25.4 Å². The maximum Gasteiger partial charge on any atom is 0.375 e. The molecule has 284 valence electrons. The van der Waals surface area contributed by atoms with Crippen LogP contribution in [-0.2, 0) is 47.6 Å². The summed E-state index contributed by atoms with van der Waals surface area (Å²) in [5, 5.41) is 0.934. The normalized spacial score (nSPS) is 16.4. The first kappa shape index (κ1) is 50.0. The third-order valence-electron chi connectivity index (χ3n) is 5.17. The van der Waals surface area contributed by atoms with Crippen LogP contribution in [0.4, 0.5) is 0 Å². The van der Waals surface area contributed by atoms with Crippen LogP contribution in [0, 0.1) is 0 Å². The first-order valence-corrected chi connectivity index (χ1v) is 21.1. The monoisotopic (exact) mass is 824 g/mol. The summed E-state index contributed by atoms with van der Waals surface area (Å²) in [5.74, 6) is 2.71. The molecule has 48 heavy (non-hydrogen) atoms. The minimum atomic E-state index is -0.787. The molecule has 0 unspecified atom stereocenters. The largest absolute Gasteiger partial charge is 0.459 e. The Morgan fingerprint density at radius 3 is 1.52 bits per heavy atom. The molecule has 0 bridgehead atoms. The molecular formula is C33H61BrO10S4. The number of rotatable bonds is 11. The number of carbonyl (C=O) groups excluding carboxylic acids is 4. The summed E-state index contributed by atoms with van der Waals surface area (Å²) in [5.41, 5.74) is -1.38. The van der Waals surface area contributed by atoms with E-state index in [4.69, 9.17) is 18.9 Å². The minimum absolute atomic E-state index is 0.00738. The van der Waals surface area contributed by atoms with Crippen molar-refractivity contribution >= 4 is 86.7 Å². The smallest absolute Gasteiger partial charge is 0.375 e. The number of alkyl halides is 1. The van der Waals surface area contributed by atoms with Crippen LogP contribution in [0.25, 0.3) is 0 Å². The molecule has 0 amide bonds. The standard InChI is InChI=1S/C12H22O3S2.C9H16O4.C9H16O2S2.C3H7BrO/c1-11(2,3)15-10(13)12(6-7-14-4)16-8-5-9-17-12;1-9(2,3)13-8(11)7(10)5-6-12-4;1-9(2,3)11-7(10)8-12-5-4-6-13-8;1-5-3-2-4/h5-9H2,1-4H3;5-6H2,1-4H3;8H,4-6H2,1-3H3;2-3H2,1H3. The molecule has 0 aromatic heterocycles. The van der Waals surface area contributed by atoms with Crippen LogP contribution in [0.15, 0.2) is 0 Å². The van der Waals surface area contributed by atoms with Crippen molar-refractivity contribution in [3.8, 4) is 0 Å². The topological polar surface area (TPSA) is 124 Å². The average Bonchev–Trinajstić information content (AvgIpc) is 2.98. The highest BCUT2D eigenvalue weighted by Gasteiger charge is 2.44. The molecule has 0 aliphatic carbocycles. The number of ether oxygens (including phenoxy) is 6. The van der Waals surface area contributed by atoms with Gasteiger partial charge in [-0.2, -0.15) is 0 Å². The first-order chi connectivity index (χ1) is 22.2. The number of thioether (sulfide) groups is 4. The predicted octanol–water partition coefficient (Wildman–Crippen LogP) is 7.42. The number of methoxy groups -OCH3 is 3. The lowest BCUT2D eigenvalue weighted by atomic mass is 10.2. The lowest BCUT2D eigenvalue weighted by Gasteiger charge is -2.35. The fourth-order valence-corrected chi connectivity index (χ4v) is 9.13. The van der Waals surface area contributed by atoms with Crippen LogP contribution < -0.4 is 0 Å². The van der Waals surface area contributed by atoms with E-state index >= 15 is 0 Å². The Hall–Kier alpha value is -0.160. The number of ketones is 1. The molecular weight excluding hydrogens is 765 g/mol. The van der Waals surface area contributed by atoms with Gasteiger partial charge in [0.05, 0.1) is 13.2 Å². The molecule has 15 heteroatoms. The van der Waals surface area contributed by atoms with Gasteiger partial charge in [0, 0.05) is 46.1 Å². The zero-order valence-corrected chi connectivity index (χ0v) is 36.0. The van der Waals surface area contributed by atoms with Crippen molar-refractivity contribution in [1.29, 1.82) is 0 Å². The Labute approximate surface area is 315 Å². The SMILES string of the molecule is CC(C)(C)OC(=O)C1SCCCS1.COCCBr.COCCC(=O)C(=O)OC(C)(C)C.COCCC1(C(=O)OC(C)(C)C)SCCCS1. The van der Waals surface area contributed by atoms with E-state index in [-0.39, 0.29) is 35.1 Å². The summed E-state index contributed by atoms with van der Waals surface area (Å²) in [6.07, 6.45) is 3.15. The number of hydrogen-bond donors (Lipinski definition) is 0. The molecule has 2 rings (SSSR count). The summed E-state index contributed by atoms with van der Waals surface area (Å²) < 4.78 is 29.7. The second-order valence-corrected chi connectivity index (χ2v) is 19.9. The van der Waals surface area contributed by atoms with Gasteiger partial charge in [-0.1, -0.05) is 15.9 Å². The molecule has 0 radical (unpaired) electrons. The molecule has 0 aromatic carbocycles. The average molecular weight is 826 g/mol. The van der Waals surface area contributed by atoms with E-state index in [0.29, 0.717) is 13.0 Å². The van der Waals surface area contributed by atoms with Crippen molar-refractivity contribution in [2.24, 2.45) is 0 Å². The Bertz CT molecular complexity index is 904. The minimum Gasteiger partial charge on any atom is -0.459 e. The lowest BCUT2D eigenvalue weighted by molar-refractivity contribution is -0.162. The van der Waals surface area contributed by atoms with E-state index in [1.54, 1.807) is 82.0 Å². The quantitative estimate of drug-likeness (QED) is 0.0889. The van der Waals surface area contributed by atoms with E-state index in [1.165, 1.54) is 13.5 Å². The summed E-state index contributed by atoms with van der Waals surface area (Å²) in [4.78, 5) is 45.9. The van der Waals surface area contributed by atoms with E-state index < -0.39 is 27.0 Å². The van der Waals surface area contributed by atoms with Gasteiger partial charge < -0.3 is 28.4 Å². The zero-order chi connectivity index (χ0) is 37.4. The lowest BCUT2D eigenvalue weighted by Crippen LogP contribution is -2.41. The summed E-state index contributed by atoms with van der Waals surface area (Å²) >= 11 is 10.0. The molecule has 2 fully saturated rings. The van der Waals surface area contributed by atoms with Crippen molar-refractivity contribution in [2.45, 2.75) is 113 Å². The van der Waals surface area contributed by atoms with Crippen LogP contribution in [-0.4, -0.2) is 119 Å². The number of esters is 3. The Balaban J connectivity index is 0. The zero-order valence-electron chi connectivity index (χ0n) is 31.2. The Morgan fingerprint density at radius 1 is 0.667 bits per heavy atom. The van der Waals surface area contributed by atoms with Crippen molar-refractivity contribution in [3.63, 3.8) is 0 Å². The van der Waals surface area contributed by atoms with Gasteiger partial charge in [0.25, 0.3) is 0 Å². The molecule has 10 nitrogen and oxygen atoms in total. The van der Waals surface area contributed by atoms with Gasteiger partial charge in [-0.05, 0) is 98.2 Å². The number of carbonyl (C=O) groups is 4. The molecule has 0 saturated carbocycles. The van der Waals surface area contributed by atoms with Crippen LogP contribution in [0.3, 0.4) is 0 Å². The highest BCUT2D eigenvalue weighted by Crippen LogP contribution is 2.46. The fraction of sp³-hybridized carbons (Fsp3) is 0.879. The molecule has 0 N–H and O–H groups in total. The number of hydrogen-bond acceptors (Lipinski definition) is 14. The second-order valence-electron chi connectivity index (χ2n) is 13.4. The second kappa shape index (κ2) is 26.6. The van der Waals surface area contributed by atoms with E-state index in [1.807, 2.05) is 41.5 Å². The van der Waals surface area contributed by atoms with Crippen molar-refractivity contribution in [2.75, 3.05) is 69.5 Å². The molecule has 2 aliphatic heterocycles. The highest BCUT2D eigenvalue weighted by atomic mass is 79.9. The van der Waals surface area contributed by atoms with Crippen molar-refractivity contribution < 1.29 is 47.6 Å². The van der Waals surface area contributed by atoms with Gasteiger partial charge in [0.1, 0.15) is 21.4 Å². The van der Waals surface area contributed by atoms with Gasteiger partial charge in [-0.15, -0.1) is 47.0 Å². The van der Waals surface area contributed by atoms with Crippen molar-refractivity contribution in [3.05, 3.63) is 0 Å². The van der Waals surface area contributed by atoms with Crippen molar-refractivity contribution in [1.82, 2.24) is 0 Å². The number of halogens is 1. The number of Topliss-reactive ketones (excluding diaryl/α,β-unsaturated/α-hetero) is 1. The Kier molecular flexibility index (Phi) is 27.7. The Morgan fingerprint density at radius 2 is 1.12 bits per heavy atom. The fourth-order valence-electron chi connectivity index (χ4n) is 3.21. The first-order valence-electron chi connectivity index (χ1n) is 15.9. The van der Waals surface area contributed by atoms with Crippen LogP contribution in [0.5, 0.6) is 0 Å². The third-order valence-corrected chi connectivity index (χ3v) is 11.7. The molecule has 2 aliphatic rings. The molecule has 2 heterocycles. The van der Waals surface area contributed by atoms with Crippen LogP contribution in [0.1, 0.15) is 88.0 Å². The molecule has 2 saturated heterocycles. The van der Waals surface area contributed by atoms with E-state index in [0.717, 1.165) is 41.4 Å². The third kappa shape index (κ3) is 27.5. The maximum absolute atomic E-state index is 12.3. The summed E-state index contributed by atoms with van der Waals surface area (Å²) in [6.45, 7) is 18.2. The van der Waals surface area contributed by atoms with E-state index in [9.17, 15) is 19.2 Å². The van der Waals surface area contributed by atoms with Gasteiger partial charge in [-0.25, -0.2) is 14.4 Å². The highest BCUT2D eigenvalue weighted by molar-refractivity contribution is 9.09. The van der Waals surface area contributed by atoms with Gasteiger partial charge in [0.2, 0.25) is 5.78 Å². The maximum atomic E-state index is 12.3. The summed E-state index contributed by atoms with van der Waals surface area (Å²) in [7, 11) is 4.82.